The van der Waals surface area contributed by atoms with E-state index in [0.29, 0.717) is 22.9 Å². The lowest BCUT2D eigenvalue weighted by Crippen LogP contribution is -2.32. The van der Waals surface area contributed by atoms with Gasteiger partial charge in [0, 0.05) is 18.4 Å². The first-order chi connectivity index (χ1) is 14.1. The Kier molecular flexibility index (Phi) is 4.67. The second kappa shape index (κ2) is 7.07. The van der Waals surface area contributed by atoms with E-state index in [2.05, 4.69) is 25.8 Å². The van der Waals surface area contributed by atoms with Gasteiger partial charge in [-0.25, -0.2) is 18.2 Å². The predicted octanol–water partition coefficient (Wildman–Crippen LogP) is 0.895. The molecule has 0 bridgehead atoms. The zero-order chi connectivity index (χ0) is 21.6. The van der Waals surface area contributed by atoms with Crippen LogP contribution in [0, 0.1) is 6.92 Å². The minimum Gasteiger partial charge on any atom is -0.328 e. The molecule has 0 spiro atoms. The number of aromatic nitrogens is 5. The number of carbonyl (C=O) groups excluding carboxylic acids is 1. The molecule has 156 valence electrons. The van der Waals surface area contributed by atoms with Crippen molar-refractivity contribution in [2.24, 2.45) is 12.2 Å². The lowest BCUT2D eigenvalue weighted by Gasteiger charge is -2.28. The summed E-state index contributed by atoms with van der Waals surface area (Å²) in [6.45, 7) is 3.66. The Bertz CT molecular complexity index is 1270. The summed E-state index contributed by atoms with van der Waals surface area (Å²) in [5, 5.41) is 19.7. The van der Waals surface area contributed by atoms with Crippen molar-refractivity contribution in [1.29, 1.82) is 0 Å². The van der Waals surface area contributed by atoms with Crippen molar-refractivity contribution < 1.29 is 13.2 Å². The molecule has 1 aromatic carbocycles. The largest absolute Gasteiger partial charge is 0.328 e. The summed E-state index contributed by atoms with van der Waals surface area (Å²) in [7, 11) is -2.01. The van der Waals surface area contributed by atoms with Crippen LogP contribution in [0.1, 0.15) is 24.4 Å². The van der Waals surface area contributed by atoms with E-state index in [-0.39, 0.29) is 10.8 Å². The van der Waals surface area contributed by atoms with Crippen LogP contribution in [0.3, 0.4) is 0 Å². The van der Waals surface area contributed by atoms with E-state index in [4.69, 9.17) is 5.14 Å². The third-order valence-corrected chi connectivity index (χ3v) is 5.73. The Hall–Kier alpha value is -3.51. The molecule has 0 fully saturated rings. The van der Waals surface area contributed by atoms with Crippen molar-refractivity contribution in [3.8, 4) is 0 Å². The van der Waals surface area contributed by atoms with Gasteiger partial charge in [-0.3, -0.25) is 9.48 Å². The van der Waals surface area contributed by atoms with Crippen LogP contribution < -0.4 is 15.8 Å². The molecule has 1 aliphatic heterocycles. The van der Waals surface area contributed by atoms with E-state index in [1.54, 1.807) is 23.3 Å². The molecule has 2 aromatic heterocycles. The normalized spacial score (nSPS) is 16.2. The van der Waals surface area contributed by atoms with Gasteiger partial charge in [0.2, 0.25) is 16.0 Å². The molecule has 0 radical (unpaired) electrons. The second-order valence-corrected chi connectivity index (χ2v) is 8.51. The van der Waals surface area contributed by atoms with Crippen LogP contribution in [0.4, 0.5) is 11.6 Å². The quantitative estimate of drug-likeness (QED) is 0.558. The van der Waals surface area contributed by atoms with Crippen LogP contribution in [-0.4, -0.2) is 38.9 Å². The van der Waals surface area contributed by atoms with Crippen molar-refractivity contribution in [3.05, 3.63) is 59.3 Å². The Labute approximate surface area is 172 Å². The monoisotopic (exact) mass is 428 g/mol. The lowest BCUT2D eigenvalue weighted by molar-refractivity contribution is -0.113. The van der Waals surface area contributed by atoms with Gasteiger partial charge in [0.1, 0.15) is 12.4 Å². The smallest absolute Gasteiger partial charge is 0.255 e. The lowest BCUT2D eigenvalue weighted by atomic mass is 9.99. The molecule has 1 aliphatic rings. The van der Waals surface area contributed by atoms with Gasteiger partial charge in [0.05, 0.1) is 21.9 Å². The molecule has 1 atom stereocenters. The molecule has 1 amide bonds. The van der Waals surface area contributed by atoms with Crippen molar-refractivity contribution in [2.45, 2.75) is 24.8 Å². The summed E-state index contributed by atoms with van der Waals surface area (Å²) in [4.78, 5) is 17.4. The SMILES string of the molecule is CC1=C(C(=O)Nc2ccc(S(N)(=O)=O)cc2)[C@H](c2cc(C)nn2C)n2ncnc2N1. The average molecular weight is 428 g/mol. The predicted molar refractivity (Wildman–Crippen MR) is 109 cm³/mol. The number of carbonyl (C=O) groups is 1. The maximum Gasteiger partial charge on any atom is 0.255 e. The van der Waals surface area contributed by atoms with Crippen LogP contribution in [0.2, 0.25) is 0 Å². The first kappa shape index (κ1) is 19.8. The highest BCUT2D eigenvalue weighted by Crippen LogP contribution is 2.35. The van der Waals surface area contributed by atoms with Gasteiger partial charge in [-0.1, -0.05) is 0 Å². The fraction of sp³-hybridized carbons (Fsp3) is 0.222. The van der Waals surface area contributed by atoms with Gasteiger partial charge in [0.25, 0.3) is 5.91 Å². The van der Waals surface area contributed by atoms with Crippen molar-refractivity contribution in [3.63, 3.8) is 0 Å². The highest BCUT2D eigenvalue weighted by atomic mass is 32.2. The summed E-state index contributed by atoms with van der Waals surface area (Å²) in [6.07, 6.45) is 1.42. The van der Waals surface area contributed by atoms with Gasteiger partial charge < -0.3 is 10.6 Å². The van der Waals surface area contributed by atoms with E-state index in [0.717, 1.165) is 11.4 Å². The number of nitrogens with two attached hydrogens (primary N) is 1. The molecular formula is C18H20N8O3S. The summed E-state index contributed by atoms with van der Waals surface area (Å²) >= 11 is 0. The Morgan fingerprint density at radius 3 is 2.53 bits per heavy atom. The summed E-state index contributed by atoms with van der Waals surface area (Å²) in [5.74, 6) is 0.152. The number of allylic oxidation sites excluding steroid dienone is 1. The number of primary sulfonamides is 1. The number of sulfonamides is 1. The zero-order valence-corrected chi connectivity index (χ0v) is 17.3. The van der Waals surface area contributed by atoms with Crippen LogP contribution >= 0.6 is 0 Å². The standard InChI is InChI=1S/C18H20N8O3S/c1-10-8-14(25(3)24-10)16-15(11(2)22-18-20-9-21-26(16)18)17(27)23-12-4-6-13(7-5-12)30(19,28)29/h4-9,16H,1-3H3,(H,23,27)(H2,19,28,29)(H,20,21,22)/t16-/m0/s1. The van der Waals surface area contributed by atoms with Crippen LogP contribution in [-0.2, 0) is 21.9 Å². The second-order valence-electron chi connectivity index (χ2n) is 6.95. The number of aryl methyl sites for hydroxylation is 2. The van der Waals surface area contributed by atoms with E-state index in [1.165, 1.54) is 30.6 Å². The number of amides is 1. The van der Waals surface area contributed by atoms with Gasteiger partial charge in [-0.05, 0) is 44.2 Å². The van der Waals surface area contributed by atoms with Crippen molar-refractivity contribution >= 4 is 27.6 Å². The van der Waals surface area contributed by atoms with Crippen LogP contribution in [0.15, 0.2) is 52.8 Å². The summed E-state index contributed by atoms with van der Waals surface area (Å²) in [6, 6.07) is 6.98. The number of anilines is 2. The van der Waals surface area contributed by atoms with Crippen LogP contribution in [0.5, 0.6) is 0 Å². The Morgan fingerprint density at radius 1 is 1.23 bits per heavy atom. The first-order valence-corrected chi connectivity index (χ1v) is 10.5. The number of rotatable bonds is 4. The van der Waals surface area contributed by atoms with Gasteiger partial charge >= 0.3 is 0 Å². The highest BCUT2D eigenvalue weighted by Gasteiger charge is 2.35. The summed E-state index contributed by atoms with van der Waals surface area (Å²) < 4.78 is 26.2. The first-order valence-electron chi connectivity index (χ1n) is 8.97. The van der Waals surface area contributed by atoms with Gasteiger partial charge in [0.15, 0.2) is 0 Å². The summed E-state index contributed by atoms with van der Waals surface area (Å²) in [5.41, 5.74) is 3.07. The maximum absolute atomic E-state index is 13.3. The van der Waals surface area contributed by atoms with E-state index < -0.39 is 16.1 Å². The van der Waals surface area contributed by atoms with Crippen molar-refractivity contribution in [1.82, 2.24) is 24.5 Å². The topological polar surface area (TPSA) is 150 Å². The Morgan fingerprint density at radius 2 is 1.93 bits per heavy atom. The molecule has 3 aromatic rings. The average Bonchev–Trinajstić information content (AvgIpc) is 3.25. The molecule has 11 nitrogen and oxygen atoms in total. The molecule has 4 rings (SSSR count). The van der Waals surface area contributed by atoms with E-state index >= 15 is 0 Å². The number of benzene rings is 1. The molecule has 4 N–H and O–H groups in total. The minimum absolute atomic E-state index is 0.0364. The van der Waals surface area contributed by atoms with E-state index in [1.807, 2.05) is 13.0 Å². The van der Waals surface area contributed by atoms with Gasteiger partial charge in [-0.2, -0.15) is 15.2 Å². The molecular weight excluding hydrogens is 408 g/mol. The fourth-order valence-electron chi connectivity index (χ4n) is 3.47. The molecule has 3 heterocycles. The molecule has 12 heteroatoms. The molecule has 0 unspecified atom stereocenters. The third kappa shape index (κ3) is 3.46. The van der Waals surface area contributed by atoms with E-state index in [9.17, 15) is 13.2 Å². The maximum atomic E-state index is 13.3. The molecule has 30 heavy (non-hydrogen) atoms. The highest BCUT2D eigenvalue weighted by molar-refractivity contribution is 7.89. The number of nitrogens with one attached hydrogen (secondary N) is 2. The minimum atomic E-state index is -3.81. The molecule has 0 saturated heterocycles. The molecule has 0 saturated carbocycles. The fourth-order valence-corrected chi connectivity index (χ4v) is 3.99. The third-order valence-electron chi connectivity index (χ3n) is 4.80. The molecule has 0 aliphatic carbocycles. The number of hydrogen-bond acceptors (Lipinski definition) is 7. The van der Waals surface area contributed by atoms with Gasteiger partial charge in [-0.15, -0.1) is 0 Å². The number of fused-ring (bicyclic) bond motifs is 1. The van der Waals surface area contributed by atoms with Crippen LogP contribution in [0.25, 0.3) is 0 Å². The Balaban J connectivity index is 1.72. The zero-order valence-electron chi connectivity index (χ0n) is 16.5. The number of nitrogens with zero attached hydrogens (tertiary/aromatic N) is 5. The number of hydrogen-bond donors (Lipinski definition) is 3. The van der Waals surface area contributed by atoms with Crippen molar-refractivity contribution in [2.75, 3.05) is 10.6 Å².